The van der Waals surface area contributed by atoms with Gasteiger partial charge >= 0.3 is 0 Å². The van der Waals surface area contributed by atoms with Crippen LogP contribution in [-0.4, -0.2) is 12.5 Å². The zero-order valence-electron chi connectivity index (χ0n) is 14.4. The van der Waals surface area contributed by atoms with Gasteiger partial charge in [-0.1, -0.05) is 24.3 Å². The minimum atomic E-state index is 0.0310. The molecule has 1 aliphatic carbocycles. The van der Waals surface area contributed by atoms with Crippen molar-refractivity contribution in [1.29, 1.82) is 0 Å². The predicted molar refractivity (Wildman–Crippen MR) is 99.2 cm³/mol. The number of amides is 1. The molecule has 4 nitrogen and oxygen atoms in total. The van der Waals surface area contributed by atoms with Crippen LogP contribution in [0.25, 0.3) is 0 Å². The van der Waals surface area contributed by atoms with Crippen molar-refractivity contribution < 1.29 is 14.3 Å². The van der Waals surface area contributed by atoms with E-state index in [2.05, 4.69) is 17.5 Å². The standard InChI is InChI=1S/C21H23NO3/c1-2-24-17-12-14-18(15-13-17)25-20-11-7-6-10-19(20)22-21(23)16-8-4-3-5-9-16/h3-4,6-7,10-16H,2,5,8-9H2,1H3,(H,22,23). The van der Waals surface area contributed by atoms with E-state index in [4.69, 9.17) is 9.47 Å². The molecule has 1 N–H and O–H groups in total. The molecule has 25 heavy (non-hydrogen) atoms. The molecule has 0 radical (unpaired) electrons. The molecule has 0 saturated heterocycles. The molecular formula is C21H23NO3. The van der Waals surface area contributed by atoms with E-state index in [1.807, 2.05) is 55.5 Å². The molecule has 2 aromatic carbocycles. The molecule has 1 unspecified atom stereocenters. The van der Waals surface area contributed by atoms with Gasteiger partial charge in [-0.2, -0.15) is 0 Å². The molecule has 0 aliphatic heterocycles. The second-order valence-corrected chi connectivity index (χ2v) is 5.97. The van der Waals surface area contributed by atoms with Gasteiger partial charge in [0.15, 0.2) is 5.75 Å². The molecule has 0 bridgehead atoms. The number of allylic oxidation sites excluding steroid dienone is 2. The summed E-state index contributed by atoms with van der Waals surface area (Å²) in [4.78, 5) is 12.5. The van der Waals surface area contributed by atoms with Crippen LogP contribution in [0.4, 0.5) is 5.69 Å². The Morgan fingerprint density at radius 2 is 1.84 bits per heavy atom. The maximum absolute atomic E-state index is 12.5. The Hall–Kier alpha value is -2.75. The fourth-order valence-electron chi connectivity index (χ4n) is 2.82. The number of rotatable bonds is 6. The van der Waals surface area contributed by atoms with E-state index in [1.165, 1.54) is 0 Å². The number of anilines is 1. The third-order valence-corrected chi connectivity index (χ3v) is 4.15. The van der Waals surface area contributed by atoms with Gasteiger partial charge in [0, 0.05) is 5.92 Å². The maximum atomic E-state index is 12.5. The van der Waals surface area contributed by atoms with Gasteiger partial charge in [0.25, 0.3) is 0 Å². The largest absolute Gasteiger partial charge is 0.494 e. The third kappa shape index (κ3) is 4.63. The summed E-state index contributed by atoms with van der Waals surface area (Å²) in [5.74, 6) is 2.22. The number of nitrogens with one attached hydrogen (secondary N) is 1. The number of carbonyl (C=O) groups is 1. The Morgan fingerprint density at radius 3 is 2.56 bits per heavy atom. The van der Waals surface area contributed by atoms with Crippen molar-refractivity contribution in [2.45, 2.75) is 26.2 Å². The van der Waals surface area contributed by atoms with Gasteiger partial charge in [-0.25, -0.2) is 0 Å². The SMILES string of the molecule is CCOc1ccc(Oc2ccccc2NC(=O)C2CC=CCC2)cc1. The van der Waals surface area contributed by atoms with E-state index in [1.54, 1.807) is 0 Å². The van der Waals surface area contributed by atoms with Crippen molar-refractivity contribution >= 4 is 11.6 Å². The molecule has 0 heterocycles. The molecule has 2 aromatic rings. The summed E-state index contributed by atoms with van der Waals surface area (Å²) in [6.45, 7) is 2.58. The number of hydrogen-bond acceptors (Lipinski definition) is 3. The highest BCUT2D eigenvalue weighted by atomic mass is 16.5. The zero-order valence-corrected chi connectivity index (χ0v) is 14.4. The van der Waals surface area contributed by atoms with Gasteiger partial charge in [0.2, 0.25) is 5.91 Å². The van der Waals surface area contributed by atoms with Gasteiger partial charge in [-0.15, -0.1) is 0 Å². The van der Waals surface area contributed by atoms with E-state index in [9.17, 15) is 4.79 Å². The first-order valence-corrected chi connectivity index (χ1v) is 8.72. The molecule has 1 aliphatic rings. The third-order valence-electron chi connectivity index (χ3n) is 4.15. The van der Waals surface area contributed by atoms with Crippen LogP contribution in [0.2, 0.25) is 0 Å². The predicted octanol–water partition coefficient (Wildman–Crippen LogP) is 5.17. The second kappa shape index (κ2) is 8.38. The van der Waals surface area contributed by atoms with Crippen molar-refractivity contribution in [1.82, 2.24) is 0 Å². The second-order valence-electron chi connectivity index (χ2n) is 5.97. The Bertz CT molecular complexity index is 737. The maximum Gasteiger partial charge on any atom is 0.227 e. The van der Waals surface area contributed by atoms with Crippen molar-refractivity contribution in [2.24, 2.45) is 5.92 Å². The van der Waals surface area contributed by atoms with E-state index in [0.717, 1.165) is 25.0 Å². The van der Waals surface area contributed by atoms with Crippen LogP contribution >= 0.6 is 0 Å². The minimum Gasteiger partial charge on any atom is -0.494 e. The van der Waals surface area contributed by atoms with E-state index < -0.39 is 0 Å². The Morgan fingerprint density at radius 1 is 1.08 bits per heavy atom. The molecule has 0 fully saturated rings. The molecule has 1 atom stereocenters. The summed E-state index contributed by atoms with van der Waals surface area (Å²) in [7, 11) is 0. The van der Waals surface area contributed by atoms with Crippen LogP contribution in [-0.2, 0) is 4.79 Å². The summed E-state index contributed by atoms with van der Waals surface area (Å²) in [6, 6.07) is 14.9. The first-order chi connectivity index (χ1) is 12.3. The van der Waals surface area contributed by atoms with Crippen molar-refractivity contribution in [3.8, 4) is 17.2 Å². The van der Waals surface area contributed by atoms with Crippen molar-refractivity contribution in [3.05, 3.63) is 60.7 Å². The van der Waals surface area contributed by atoms with Crippen LogP contribution in [0.3, 0.4) is 0 Å². The monoisotopic (exact) mass is 337 g/mol. The summed E-state index contributed by atoms with van der Waals surface area (Å²) >= 11 is 0. The lowest BCUT2D eigenvalue weighted by Gasteiger charge is -2.18. The summed E-state index contributed by atoms with van der Waals surface area (Å²) in [5.41, 5.74) is 0.691. The molecular weight excluding hydrogens is 314 g/mol. The molecule has 0 aromatic heterocycles. The lowest BCUT2D eigenvalue weighted by Crippen LogP contribution is -2.23. The summed E-state index contributed by atoms with van der Waals surface area (Å²) < 4.78 is 11.4. The Kier molecular flexibility index (Phi) is 5.73. The molecule has 0 spiro atoms. The molecule has 0 saturated carbocycles. The number of carbonyl (C=O) groups excluding carboxylic acids is 1. The van der Waals surface area contributed by atoms with Crippen LogP contribution in [0.5, 0.6) is 17.2 Å². The van der Waals surface area contributed by atoms with Crippen LogP contribution in [0.15, 0.2) is 60.7 Å². The van der Waals surface area contributed by atoms with E-state index in [-0.39, 0.29) is 11.8 Å². The quantitative estimate of drug-likeness (QED) is 0.740. The Balaban J connectivity index is 1.69. The number of ether oxygens (including phenoxy) is 2. The lowest BCUT2D eigenvalue weighted by atomic mass is 9.93. The number of benzene rings is 2. The molecule has 130 valence electrons. The summed E-state index contributed by atoms with van der Waals surface area (Å²) in [6.07, 6.45) is 6.86. The molecule has 4 heteroatoms. The lowest BCUT2D eigenvalue weighted by molar-refractivity contribution is -0.120. The first kappa shape index (κ1) is 17.1. The molecule has 3 rings (SSSR count). The van der Waals surface area contributed by atoms with Gasteiger partial charge in [-0.3, -0.25) is 4.79 Å². The first-order valence-electron chi connectivity index (χ1n) is 8.72. The van der Waals surface area contributed by atoms with Gasteiger partial charge < -0.3 is 14.8 Å². The van der Waals surface area contributed by atoms with Crippen LogP contribution in [0, 0.1) is 5.92 Å². The zero-order chi connectivity index (χ0) is 17.5. The van der Waals surface area contributed by atoms with Crippen LogP contribution in [0.1, 0.15) is 26.2 Å². The fraction of sp³-hybridized carbons (Fsp3) is 0.286. The fourth-order valence-corrected chi connectivity index (χ4v) is 2.82. The normalized spacial score (nSPS) is 16.3. The number of hydrogen-bond donors (Lipinski definition) is 1. The van der Waals surface area contributed by atoms with E-state index in [0.29, 0.717) is 23.8 Å². The summed E-state index contributed by atoms with van der Waals surface area (Å²) in [5, 5.41) is 3.01. The highest BCUT2D eigenvalue weighted by molar-refractivity contribution is 5.94. The topological polar surface area (TPSA) is 47.6 Å². The average molecular weight is 337 g/mol. The molecule has 1 amide bonds. The van der Waals surface area contributed by atoms with Crippen molar-refractivity contribution in [3.63, 3.8) is 0 Å². The average Bonchev–Trinajstić information content (AvgIpc) is 2.66. The van der Waals surface area contributed by atoms with Gasteiger partial charge in [-0.05, 0) is 62.6 Å². The highest BCUT2D eigenvalue weighted by Crippen LogP contribution is 2.31. The van der Waals surface area contributed by atoms with Gasteiger partial charge in [0.1, 0.15) is 11.5 Å². The highest BCUT2D eigenvalue weighted by Gasteiger charge is 2.19. The number of para-hydroxylation sites is 2. The minimum absolute atomic E-state index is 0.0310. The van der Waals surface area contributed by atoms with E-state index >= 15 is 0 Å². The van der Waals surface area contributed by atoms with Crippen molar-refractivity contribution in [2.75, 3.05) is 11.9 Å². The van der Waals surface area contributed by atoms with Gasteiger partial charge in [0.05, 0.1) is 12.3 Å². The Labute approximate surface area is 148 Å². The smallest absolute Gasteiger partial charge is 0.227 e. The van der Waals surface area contributed by atoms with Crippen LogP contribution < -0.4 is 14.8 Å².